The van der Waals surface area contributed by atoms with Crippen molar-refractivity contribution in [3.8, 4) is 12.1 Å². The summed E-state index contributed by atoms with van der Waals surface area (Å²) in [7, 11) is 0. The van der Waals surface area contributed by atoms with Gasteiger partial charge in [-0.1, -0.05) is 27.7 Å². The van der Waals surface area contributed by atoms with E-state index in [1.807, 2.05) is 27.7 Å². The first-order chi connectivity index (χ1) is 8.16. The van der Waals surface area contributed by atoms with Crippen LogP contribution in [0.2, 0.25) is 0 Å². The number of nitrogens with zero attached hydrogens (tertiary/aromatic N) is 4. The summed E-state index contributed by atoms with van der Waals surface area (Å²) in [6, 6.07) is 4.38. The lowest BCUT2D eigenvalue weighted by Crippen LogP contribution is -2.26. The van der Waals surface area contributed by atoms with E-state index in [2.05, 4.69) is 22.4 Å². The van der Waals surface area contributed by atoms with Crippen LogP contribution in [0, 0.1) is 34.5 Å². The molecule has 0 saturated carbocycles. The smallest absolute Gasteiger partial charge is 0.165 e. The SMILES string of the molecule is CC(C)CC(C)(C#N)/N=N\C(C)(C#N)CC(C)C. The van der Waals surface area contributed by atoms with Crippen LogP contribution in [-0.4, -0.2) is 11.1 Å². The van der Waals surface area contributed by atoms with Crippen molar-refractivity contribution >= 4 is 0 Å². The lowest BCUT2D eigenvalue weighted by Gasteiger charge is -2.22. The van der Waals surface area contributed by atoms with Crippen molar-refractivity contribution in [1.82, 2.24) is 0 Å². The fourth-order valence-electron chi connectivity index (χ4n) is 2.03. The summed E-state index contributed by atoms with van der Waals surface area (Å²) in [5.74, 6) is 0.735. The van der Waals surface area contributed by atoms with Crippen molar-refractivity contribution in [1.29, 1.82) is 10.5 Å². The molecular weight excluding hydrogens is 224 g/mol. The molecule has 0 aliphatic carbocycles. The monoisotopic (exact) mass is 248 g/mol. The van der Waals surface area contributed by atoms with E-state index in [1.165, 1.54) is 0 Å². The summed E-state index contributed by atoms with van der Waals surface area (Å²) >= 11 is 0. The van der Waals surface area contributed by atoms with Crippen molar-refractivity contribution < 1.29 is 0 Å². The molecule has 4 nitrogen and oxygen atoms in total. The number of hydrogen-bond donors (Lipinski definition) is 0. The second-order valence-corrected chi connectivity index (χ2v) is 6.17. The maximum Gasteiger partial charge on any atom is 0.165 e. The first kappa shape index (κ1) is 16.6. The quantitative estimate of drug-likeness (QED) is 0.664. The minimum absolute atomic E-state index is 0.368. The van der Waals surface area contributed by atoms with Gasteiger partial charge in [-0.2, -0.15) is 20.8 Å². The van der Waals surface area contributed by atoms with Gasteiger partial charge in [0.15, 0.2) is 11.1 Å². The molecular formula is C14H24N4. The minimum atomic E-state index is -0.830. The van der Waals surface area contributed by atoms with Crippen molar-refractivity contribution in [2.45, 2.75) is 65.5 Å². The van der Waals surface area contributed by atoms with Crippen LogP contribution in [-0.2, 0) is 0 Å². The maximum atomic E-state index is 9.20. The van der Waals surface area contributed by atoms with Crippen LogP contribution in [0.15, 0.2) is 10.2 Å². The average Bonchev–Trinajstić information content (AvgIpc) is 2.25. The number of rotatable bonds is 6. The van der Waals surface area contributed by atoms with E-state index in [-0.39, 0.29) is 0 Å². The molecule has 2 atom stereocenters. The van der Waals surface area contributed by atoms with Gasteiger partial charge >= 0.3 is 0 Å². The number of nitriles is 2. The van der Waals surface area contributed by atoms with Crippen molar-refractivity contribution in [3.05, 3.63) is 0 Å². The van der Waals surface area contributed by atoms with Crippen LogP contribution in [0.4, 0.5) is 0 Å². The van der Waals surface area contributed by atoms with Crippen molar-refractivity contribution in [2.24, 2.45) is 22.1 Å². The van der Waals surface area contributed by atoms with Gasteiger partial charge in [0, 0.05) is 0 Å². The second-order valence-electron chi connectivity index (χ2n) is 6.17. The maximum absolute atomic E-state index is 9.20. The molecule has 0 N–H and O–H groups in total. The summed E-state index contributed by atoms with van der Waals surface area (Å²) in [5, 5.41) is 26.7. The van der Waals surface area contributed by atoms with E-state index in [1.54, 1.807) is 13.8 Å². The third-order valence-electron chi connectivity index (χ3n) is 2.58. The standard InChI is InChI=1S/C14H24N4/c1-11(2)7-13(5,9-15)17-18-14(6,10-16)8-12(3)4/h11-12H,7-8H2,1-6H3/b18-17-. The lowest BCUT2D eigenvalue weighted by atomic mass is 9.92. The molecule has 0 aromatic heterocycles. The fourth-order valence-corrected chi connectivity index (χ4v) is 2.03. The molecule has 18 heavy (non-hydrogen) atoms. The summed E-state index contributed by atoms with van der Waals surface area (Å²) in [6.07, 6.45) is 1.30. The zero-order valence-corrected chi connectivity index (χ0v) is 12.4. The van der Waals surface area contributed by atoms with E-state index in [9.17, 15) is 10.5 Å². The van der Waals surface area contributed by atoms with Crippen LogP contribution in [0.5, 0.6) is 0 Å². The van der Waals surface area contributed by atoms with Gasteiger partial charge in [-0.25, -0.2) is 0 Å². The van der Waals surface area contributed by atoms with Gasteiger partial charge in [0.1, 0.15) is 0 Å². The highest BCUT2D eigenvalue weighted by Gasteiger charge is 2.29. The minimum Gasteiger partial charge on any atom is -0.196 e. The highest BCUT2D eigenvalue weighted by atomic mass is 15.2. The summed E-state index contributed by atoms with van der Waals surface area (Å²) < 4.78 is 0. The third kappa shape index (κ3) is 5.77. The Morgan fingerprint density at radius 1 is 0.833 bits per heavy atom. The van der Waals surface area contributed by atoms with E-state index in [4.69, 9.17) is 0 Å². The molecule has 0 aliphatic heterocycles. The van der Waals surface area contributed by atoms with Crippen LogP contribution < -0.4 is 0 Å². The first-order valence-electron chi connectivity index (χ1n) is 6.43. The molecule has 0 fully saturated rings. The Balaban J connectivity index is 4.98. The van der Waals surface area contributed by atoms with E-state index < -0.39 is 11.1 Å². The Morgan fingerprint density at radius 3 is 1.28 bits per heavy atom. The van der Waals surface area contributed by atoms with Crippen LogP contribution in [0.3, 0.4) is 0 Å². The molecule has 0 spiro atoms. The molecule has 0 rings (SSSR count). The Morgan fingerprint density at radius 2 is 1.11 bits per heavy atom. The molecule has 4 heteroatoms. The molecule has 0 aliphatic rings. The fraction of sp³-hybridized carbons (Fsp3) is 0.857. The van der Waals surface area contributed by atoms with Crippen molar-refractivity contribution in [2.75, 3.05) is 0 Å². The predicted molar refractivity (Wildman–Crippen MR) is 71.8 cm³/mol. The van der Waals surface area contributed by atoms with Crippen LogP contribution in [0.25, 0.3) is 0 Å². The summed E-state index contributed by atoms with van der Waals surface area (Å²) in [5.41, 5.74) is -1.66. The van der Waals surface area contributed by atoms with Gasteiger partial charge in [0.25, 0.3) is 0 Å². The van der Waals surface area contributed by atoms with Crippen LogP contribution >= 0.6 is 0 Å². The Bertz CT molecular complexity index is 336. The van der Waals surface area contributed by atoms with Gasteiger partial charge in [-0.05, 0) is 38.5 Å². The molecule has 0 saturated heterocycles. The molecule has 100 valence electrons. The van der Waals surface area contributed by atoms with Gasteiger partial charge in [0.2, 0.25) is 0 Å². The molecule has 0 amide bonds. The largest absolute Gasteiger partial charge is 0.196 e. The van der Waals surface area contributed by atoms with Gasteiger partial charge in [0.05, 0.1) is 12.1 Å². The zero-order valence-electron chi connectivity index (χ0n) is 12.4. The normalized spacial score (nSPS) is 18.3. The van der Waals surface area contributed by atoms with Crippen molar-refractivity contribution in [3.63, 3.8) is 0 Å². The third-order valence-corrected chi connectivity index (χ3v) is 2.58. The van der Waals surface area contributed by atoms with E-state index in [0.717, 1.165) is 0 Å². The molecule has 0 bridgehead atoms. The second kappa shape index (κ2) is 6.50. The zero-order chi connectivity index (χ0) is 14.4. The Labute approximate surface area is 111 Å². The molecule has 0 radical (unpaired) electrons. The predicted octanol–water partition coefficient (Wildman–Crippen LogP) is 4.10. The highest BCUT2D eigenvalue weighted by Crippen LogP contribution is 2.25. The summed E-state index contributed by atoms with van der Waals surface area (Å²) in [6.45, 7) is 11.7. The number of azo groups is 1. The topological polar surface area (TPSA) is 72.3 Å². The Kier molecular flexibility index (Phi) is 5.98. The molecule has 0 heterocycles. The first-order valence-corrected chi connectivity index (χ1v) is 6.43. The van der Waals surface area contributed by atoms with E-state index >= 15 is 0 Å². The van der Waals surface area contributed by atoms with Gasteiger partial charge in [-0.15, -0.1) is 0 Å². The van der Waals surface area contributed by atoms with E-state index in [0.29, 0.717) is 24.7 Å². The summed E-state index contributed by atoms with van der Waals surface area (Å²) in [4.78, 5) is 0. The molecule has 0 aromatic carbocycles. The van der Waals surface area contributed by atoms with Gasteiger partial charge < -0.3 is 0 Å². The highest BCUT2D eigenvalue weighted by molar-refractivity contribution is 5.07. The lowest BCUT2D eigenvalue weighted by molar-refractivity contribution is 0.384. The number of hydrogen-bond acceptors (Lipinski definition) is 4. The van der Waals surface area contributed by atoms with Crippen LogP contribution in [0.1, 0.15) is 54.4 Å². The van der Waals surface area contributed by atoms with Gasteiger partial charge in [-0.3, -0.25) is 0 Å². The molecule has 0 aromatic rings. The average molecular weight is 248 g/mol. The Hall–Kier alpha value is -1.42. The molecule has 2 unspecified atom stereocenters.